The summed E-state index contributed by atoms with van der Waals surface area (Å²) < 4.78 is 17.4. The van der Waals surface area contributed by atoms with E-state index < -0.39 is 17.9 Å². The molecule has 0 bridgehead atoms. The van der Waals surface area contributed by atoms with Gasteiger partial charge in [0.15, 0.2) is 0 Å². The molecule has 0 saturated heterocycles. The fourth-order valence-electron chi connectivity index (χ4n) is 6.72. The second-order valence-corrected chi connectivity index (χ2v) is 15.4. The highest BCUT2D eigenvalue weighted by molar-refractivity contribution is 5.98. The van der Waals surface area contributed by atoms with Crippen LogP contribution in [0.15, 0.2) is 72.8 Å². The quantitative estimate of drug-likeness (QED) is 0.0387. The topological polar surface area (TPSA) is 154 Å². The van der Waals surface area contributed by atoms with Crippen molar-refractivity contribution in [1.82, 2.24) is 15.0 Å². The van der Waals surface area contributed by atoms with Crippen molar-refractivity contribution < 1.29 is 28.6 Å². The number of hydrogen-bond donors (Lipinski definition) is 3. The molecule has 0 aliphatic carbocycles. The summed E-state index contributed by atoms with van der Waals surface area (Å²) in [6.07, 6.45) is 12.2. The molecule has 0 amide bonds. The Labute approximate surface area is 357 Å². The van der Waals surface area contributed by atoms with Crippen LogP contribution >= 0.6 is 0 Å². The minimum absolute atomic E-state index is 0.0909. The monoisotopic (exact) mass is 823 g/mol. The van der Waals surface area contributed by atoms with Crippen LogP contribution in [0.25, 0.3) is 0 Å². The molecule has 3 unspecified atom stereocenters. The zero-order chi connectivity index (χ0) is 43.1. The summed E-state index contributed by atoms with van der Waals surface area (Å²) in [6, 6.07) is 21.0. The Bertz CT molecular complexity index is 1710. The predicted molar refractivity (Wildman–Crippen MR) is 240 cm³/mol. The molecule has 0 spiro atoms. The van der Waals surface area contributed by atoms with E-state index in [1.165, 1.54) is 0 Å². The van der Waals surface area contributed by atoms with Crippen molar-refractivity contribution in [3.8, 4) is 0 Å². The molecule has 4 aromatic rings. The zero-order valence-electron chi connectivity index (χ0n) is 36.6. The Balaban J connectivity index is 1.66. The molecule has 0 radical (unpaired) electrons. The number of ether oxygens (including phenoxy) is 3. The van der Waals surface area contributed by atoms with Gasteiger partial charge in [-0.25, -0.2) is 14.4 Å². The van der Waals surface area contributed by atoms with Gasteiger partial charge in [0, 0.05) is 0 Å². The van der Waals surface area contributed by atoms with Gasteiger partial charge in [0.1, 0.15) is 0 Å². The normalized spacial score (nSPS) is 12.5. The van der Waals surface area contributed by atoms with Gasteiger partial charge in [0.25, 0.3) is 0 Å². The maximum Gasteiger partial charge on any atom is 0.340 e. The number of aromatic nitrogens is 3. The number of hydrogen-bond acceptors (Lipinski definition) is 12. The molecule has 1 heterocycles. The van der Waals surface area contributed by atoms with Gasteiger partial charge >= 0.3 is 17.9 Å². The maximum atomic E-state index is 13.5. The van der Waals surface area contributed by atoms with Crippen LogP contribution in [-0.2, 0) is 14.2 Å². The number of carbonyl (C=O) groups excluding carboxylic acids is 3. The van der Waals surface area contributed by atoms with E-state index in [0.717, 1.165) is 77.0 Å². The highest BCUT2D eigenvalue weighted by atomic mass is 16.5. The van der Waals surface area contributed by atoms with Gasteiger partial charge in [-0.3, -0.25) is 0 Å². The Morgan fingerprint density at radius 1 is 0.450 bits per heavy atom. The third-order valence-electron chi connectivity index (χ3n) is 10.8. The lowest BCUT2D eigenvalue weighted by molar-refractivity contribution is 0.0420. The number of benzene rings is 3. The first-order valence-electron chi connectivity index (χ1n) is 22.1. The molecule has 3 aromatic carbocycles. The molecule has 60 heavy (non-hydrogen) atoms. The molecule has 0 aliphatic heterocycles. The minimum atomic E-state index is -0.460. The third-order valence-corrected chi connectivity index (χ3v) is 10.8. The van der Waals surface area contributed by atoms with Gasteiger partial charge in [-0.1, -0.05) is 136 Å². The van der Waals surface area contributed by atoms with Gasteiger partial charge in [-0.05, 0) is 73.4 Å². The van der Waals surface area contributed by atoms with Crippen LogP contribution in [0.2, 0.25) is 0 Å². The maximum absolute atomic E-state index is 13.5. The lowest BCUT2D eigenvalue weighted by Crippen LogP contribution is -2.16. The van der Waals surface area contributed by atoms with E-state index in [1.807, 2.05) is 0 Å². The Hall–Kier alpha value is -5.52. The molecule has 0 fully saturated rings. The summed E-state index contributed by atoms with van der Waals surface area (Å²) in [5, 5.41) is 9.61. The third kappa shape index (κ3) is 14.9. The molecule has 324 valence electrons. The number of nitrogens with one attached hydrogen (secondary N) is 3. The summed E-state index contributed by atoms with van der Waals surface area (Å²) in [7, 11) is 0. The Morgan fingerprint density at radius 2 is 0.717 bits per heavy atom. The number of unbranched alkanes of at least 4 members (excludes halogenated alkanes) is 3. The van der Waals surface area contributed by atoms with Crippen LogP contribution in [0.1, 0.15) is 150 Å². The zero-order valence-corrected chi connectivity index (χ0v) is 36.6. The van der Waals surface area contributed by atoms with Crippen molar-refractivity contribution in [2.45, 2.75) is 119 Å². The standard InChI is InChI=1S/C48H66N6O6/c1-7-13-22-34(10-4)31-58-43(55)37-25-16-19-28-40(37)49-46-52-47(50-41-29-20-17-26-38(41)44(56)59-32-35(11-5)23-14-8-2)54-48(53-46)51-42-30-21-18-27-39(42)45(57)60-33-36(12-6)24-15-9-3/h16-21,25-30,34-36H,7-15,22-24,31-33H2,1-6H3,(H3,49,50,51,52,53,54). The van der Waals surface area contributed by atoms with Gasteiger partial charge in [-0.2, -0.15) is 15.0 Å². The largest absolute Gasteiger partial charge is 0.462 e. The van der Waals surface area contributed by atoms with Gasteiger partial charge in [0.2, 0.25) is 17.8 Å². The molecule has 3 N–H and O–H groups in total. The van der Waals surface area contributed by atoms with Gasteiger partial charge in [-0.15, -0.1) is 0 Å². The van der Waals surface area contributed by atoms with E-state index in [0.29, 0.717) is 53.6 Å². The van der Waals surface area contributed by atoms with Crippen LogP contribution in [-0.4, -0.2) is 52.7 Å². The van der Waals surface area contributed by atoms with Crippen molar-refractivity contribution >= 4 is 52.8 Å². The molecule has 3 atom stereocenters. The molecule has 12 nitrogen and oxygen atoms in total. The first-order chi connectivity index (χ1) is 29.2. The molecule has 1 aromatic heterocycles. The van der Waals surface area contributed by atoms with Crippen LogP contribution in [0.3, 0.4) is 0 Å². The van der Waals surface area contributed by atoms with Gasteiger partial charge < -0.3 is 30.2 Å². The van der Waals surface area contributed by atoms with E-state index in [1.54, 1.807) is 72.8 Å². The van der Waals surface area contributed by atoms with Crippen molar-refractivity contribution in [2.24, 2.45) is 17.8 Å². The van der Waals surface area contributed by atoms with Crippen LogP contribution in [0, 0.1) is 17.8 Å². The summed E-state index contributed by atoms with van der Waals surface area (Å²) >= 11 is 0. The summed E-state index contributed by atoms with van der Waals surface area (Å²) in [5.41, 5.74) is 2.26. The fraction of sp³-hybridized carbons (Fsp3) is 0.500. The first kappa shape index (κ1) is 47.2. The molecule has 0 aliphatic rings. The highest BCUT2D eigenvalue weighted by Gasteiger charge is 2.21. The smallest absolute Gasteiger partial charge is 0.340 e. The second kappa shape index (κ2) is 25.9. The average molecular weight is 823 g/mol. The SMILES string of the molecule is CCCCC(CC)COC(=O)c1ccccc1Nc1nc(Nc2ccccc2C(=O)OCC(CC)CCCC)nc(Nc2ccccc2C(=O)OCC(CC)CCCC)n1. The van der Waals surface area contributed by atoms with E-state index in [-0.39, 0.29) is 35.6 Å². The van der Waals surface area contributed by atoms with Crippen LogP contribution in [0.4, 0.5) is 34.9 Å². The summed E-state index contributed by atoms with van der Waals surface area (Å²) in [6.45, 7) is 13.8. The average Bonchev–Trinajstić information content (AvgIpc) is 3.26. The highest BCUT2D eigenvalue weighted by Crippen LogP contribution is 2.28. The van der Waals surface area contributed by atoms with E-state index in [4.69, 9.17) is 14.2 Å². The molecular formula is C48H66N6O6. The minimum Gasteiger partial charge on any atom is -0.462 e. The lowest BCUT2D eigenvalue weighted by Gasteiger charge is -2.17. The van der Waals surface area contributed by atoms with E-state index >= 15 is 0 Å². The number of rotatable bonds is 27. The first-order valence-corrected chi connectivity index (χ1v) is 22.1. The van der Waals surface area contributed by atoms with Crippen LogP contribution < -0.4 is 16.0 Å². The predicted octanol–water partition coefficient (Wildman–Crippen LogP) is 12.2. The summed E-state index contributed by atoms with van der Waals surface area (Å²) in [4.78, 5) is 54.4. The molecule has 4 rings (SSSR count). The number of para-hydroxylation sites is 3. The van der Waals surface area contributed by atoms with Crippen molar-refractivity contribution in [2.75, 3.05) is 35.8 Å². The molecule has 12 heteroatoms. The van der Waals surface area contributed by atoms with Crippen molar-refractivity contribution in [3.05, 3.63) is 89.5 Å². The fourth-order valence-corrected chi connectivity index (χ4v) is 6.72. The van der Waals surface area contributed by atoms with Crippen LogP contribution in [0.5, 0.6) is 0 Å². The molecular weight excluding hydrogens is 757 g/mol. The molecule has 0 saturated carbocycles. The summed E-state index contributed by atoms with van der Waals surface area (Å²) in [5.74, 6) is -0.263. The second-order valence-electron chi connectivity index (χ2n) is 15.4. The number of esters is 3. The number of carbonyl (C=O) groups is 3. The lowest BCUT2D eigenvalue weighted by atomic mass is 10.0. The van der Waals surface area contributed by atoms with E-state index in [9.17, 15) is 14.4 Å². The number of anilines is 6. The Morgan fingerprint density at radius 3 is 0.967 bits per heavy atom. The Kier molecular flexibility index (Phi) is 20.3. The van der Waals surface area contributed by atoms with Gasteiger partial charge in [0.05, 0.1) is 53.6 Å². The van der Waals surface area contributed by atoms with E-state index in [2.05, 4.69) is 72.4 Å². The van der Waals surface area contributed by atoms with Crippen molar-refractivity contribution in [1.29, 1.82) is 0 Å². The van der Waals surface area contributed by atoms with Crippen molar-refractivity contribution in [3.63, 3.8) is 0 Å². The number of nitrogens with zero attached hydrogens (tertiary/aromatic N) is 3.